The molecule has 1 aliphatic carbocycles. The van der Waals surface area contributed by atoms with Crippen molar-refractivity contribution in [3.63, 3.8) is 0 Å². The summed E-state index contributed by atoms with van der Waals surface area (Å²) in [7, 11) is 1.34. The summed E-state index contributed by atoms with van der Waals surface area (Å²) in [6.07, 6.45) is 2.77. The fraction of sp³-hybridized carbons (Fsp3) is 0.250. The minimum Gasteiger partial charge on any atom is -0.465 e. The Kier molecular flexibility index (Phi) is 4.62. The zero-order valence-corrected chi connectivity index (χ0v) is 14.6. The normalized spacial score (nSPS) is 12.8. The molecule has 0 bridgehead atoms. The molecule has 120 valence electrons. The number of hydrogen-bond donors (Lipinski definition) is 1. The maximum absolute atomic E-state index is 12.4. The Bertz CT molecular complexity index is 781. The molecule has 23 heavy (non-hydrogen) atoms. The van der Waals surface area contributed by atoms with E-state index in [2.05, 4.69) is 5.32 Å². The second-order valence-electron chi connectivity index (χ2n) is 5.17. The van der Waals surface area contributed by atoms with Crippen molar-refractivity contribution in [1.29, 1.82) is 0 Å². The van der Waals surface area contributed by atoms with Crippen LogP contribution in [-0.4, -0.2) is 19.0 Å². The van der Waals surface area contributed by atoms with Gasteiger partial charge in [0.15, 0.2) is 0 Å². The van der Waals surface area contributed by atoms with Crippen LogP contribution in [0.15, 0.2) is 18.2 Å². The predicted octanol–water partition coefficient (Wildman–Crippen LogP) is 4.58. The summed E-state index contributed by atoms with van der Waals surface area (Å²) < 4.78 is 4.86. The molecule has 2 aromatic rings. The number of amides is 1. The minimum atomic E-state index is -0.427. The van der Waals surface area contributed by atoms with Gasteiger partial charge < -0.3 is 10.1 Å². The number of rotatable bonds is 3. The van der Waals surface area contributed by atoms with Gasteiger partial charge in [-0.25, -0.2) is 4.79 Å². The number of fused-ring (bicyclic) bond motifs is 1. The van der Waals surface area contributed by atoms with Gasteiger partial charge in [0.1, 0.15) is 5.00 Å². The Labute approximate surface area is 147 Å². The van der Waals surface area contributed by atoms with E-state index in [-0.39, 0.29) is 5.91 Å². The number of thiophene rings is 1. The number of anilines is 1. The maximum atomic E-state index is 12.4. The van der Waals surface area contributed by atoms with Gasteiger partial charge in [-0.3, -0.25) is 4.79 Å². The van der Waals surface area contributed by atoms with Crippen molar-refractivity contribution >= 4 is 51.4 Å². The van der Waals surface area contributed by atoms with Gasteiger partial charge in [-0.15, -0.1) is 11.3 Å². The van der Waals surface area contributed by atoms with E-state index in [0.29, 0.717) is 26.2 Å². The molecule has 0 aliphatic heterocycles. The number of esters is 1. The fourth-order valence-corrected chi connectivity index (χ4v) is 4.47. The number of benzene rings is 1. The van der Waals surface area contributed by atoms with Gasteiger partial charge in [-0.2, -0.15) is 0 Å². The summed E-state index contributed by atoms with van der Waals surface area (Å²) in [6.45, 7) is 0. The molecule has 1 aliphatic rings. The third-order valence-corrected chi connectivity index (χ3v) is 5.31. The van der Waals surface area contributed by atoms with E-state index in [1.807, 2.05) is 0 Å². The summed E-state index contributed by atoms with van der Waals surface area (Å²) in [5.41, 5.74) is 1.79. The van der Waals surface area contributed by atoms with E-state index in [9.17, 15) is 9.59 Å². The summed E-state index contributed by atoms with van der Waals surface area (Å²) in [5.74, 6) is -0.789. The molecule has 1 heterocycles. The van der Waals surface area contributed by atoms with Gasteiger partial charge in [0, 0.05) is 20.5 Å². The number of ether oxygens (including phenoxy) is 1. The third kappa shape index (κ3) is 3.22. The average Bonchev–Trinajstić information content (AvgIpc) is 3.05. The van der Waals surface area contributed by atoms with Crippen molar-refractivity contribution < 1.29 is 14.3 Å². The number of methoxy groups -OCH3 is 1. The first-order valence-electron chi connectivity index (χ1n) is 7.00. The summed E-state index contributed by atoms with van der Waals surface area (Å²) in [6, 6.07) is 4.61. The Morgan fingerprint density at radius 3 is 2.52 bits per heavy atom. The van der Waals surface area contributed by atoms with E-state index in [1.165, 1.54) is 30.6 Å². The Balaban J connectivity index is 1.94. The lowest BCUT2D eigenvalue weighted by Gasteiger charge is -2.07. The van der Waals surface area contributed by atoms with Gasteiger partial charge in [-0.1, -0.05) is 23.2 Å². The number of nitrogens with one attached hydrogen (secondary N) is 1. The van der Waals surface area contributed by atoms with Gasteiger partial charge in [-0.05, 0) is 43.0 Å². The van der Waals surface area contributed by atoms with Crippen molar-refractivity contribution in [2.24, 2.45) is 0 Å². The predicted molar refractivity (Wildman–Crippen MR) is 92.1 cm³/mol. The number of aryl methyl sites for hydroxylation is 1. The van der Waals surface area contributed by atoms with Crippen molar-refractivity contribution in [2.45, 2.75) is 19.3 Å². The Morgan fingerprint density at radius 2 is 1.87 bits per heavy atom. The van der Waals surface area contributed by atoms with Crippen LogP contribution in [0.2, 0.25) is 10.0 Å². The lowest BCUT2D eigenvalue weighted by Crippen LogP contribution is -2.14. The molecule has 1 N–H and O–H groups in total. The molecule has 0 saturated carbocycles. The second kappa shape index (κ2) is 6.51. The fourth-order valence-electron chi connectivity index (χ4n) is 2.67. The third-order valence-electron chi connectivity index (χ3n) is 3.66. The molecule has 1 amide bonds. The molecule has 0 unspecified atom stereocenters. The summed E-state index contributed by atoms with van der Waals surface area (Å²) in [5, 5.41) is 4.06. The van der Waals surface area contributed by atoms with E-state index >= 15 is 0 Å². The van der Waals surface area contributed by atoms with Crippen LogP contribution in [0.25, 0.3) is 0 Å². The monoisotopic (exact) mass is 369 g/mol. The number of carbonyl (C=O) groups is 2. The van der Waals surface area contributed by atoms with Crippen LogP contribution in [0.3, 0.4) is 0 Å². The van der Waals surface area contributed by atoms with Crippen molar-refractivity contribution in [3.05, 3.63) is 49.8 Å². The van der Waals surface area contributed by atoms with E-state index in [0.717, 1.165) is 29.7 Å². The molecule has 7 heteroatoms. The molecule has 0 saturated heterocycles. The highest BCUT2D eigenvalue weighted by Crippen LogP contribution is 2.39. The standard InChI is InChI=1S/C16H13Cl2NO3S/c1-22-16(21)13-11-3-2-4-12(11)23-15(13)19-14(20)8-5-9(17)7-10(18)6-8/h5-7H,2-4H2,1H3,(H,19,20). The van der Waals surface area contributed by atoms with Crippen molar-refractivity contribution in [3.8, 4) is 0 Å². The lowest BCUT2D eigenvalue weighted by atomic mass is 10.1. The molecular weight excluding hydrogens is 357 g/mol. The molecule has 3 rings (SSSR count). The molecule has 0 radical (unpaired) electrons. The Morgan fingerprint density at radius 1 is 1.17 bits per heavy atom. The van der Waals surface area contributed by atoms with Gasteiger partial charge in [0.25, 0.3) is 5.91 Å². The highest BCUT2D eigenvalue weighted by atomic mass is 35.5. The minimum absolute atomic E-state index is 0.340. The quantitative estimate of drug-likeness (QED) is 0.805. The highest BCUT2D eigenvalue weighted by Gasteiger charge is 2.28. The average molecular weight is 370 g/mol. The van der Waals surface area contributed by atoms with Crippen LogP contribution >= 0.6 is 34.5 Å². The first-order chi connectivity index (χ1) is 11.0. The molecular formula is C16H13Cl2NO3S. The Hall–Kier alpha value is -1.56. The highest BCUT2D eigenvalue weighted by molar-refractivity contribution is 7.17. The molecule has 4 nitrogen and oxygen atoms in total. The van der Waals surface area contributed by atoms with E-state index in [1.54, 1.807) is 6.07 Å². The van der Waals surface area contributed by atoms with E-state index < -0.39 is 5.97 Å². The molecule has 0 spiro atoms. The van der Waals surface area contributed by atoms with Crippen LogP contribution in [0, 0.1) is 0 Å². The van der Waals surface area contributed by atoms with Crippen molar-refractivity contribution in [2.75, 3.05) is 12.4 Å². The van der Waals surface area contributed by atoms with Gasteiger partial charge in [0.2, 0.25) is 0 Å². The molecule has 1 aromatic heterocycles. The smallest absolute Gasteiger partial charge is 0.341 e. The summed E-state index contributed by atoms with van der Waals surface area (Å²) in [4.78, 5) is 25.6. The molecule has 0 atom stereocenters. The van der Waals surface area contributed by atoms with Crippen LogP contribution < -0.4 is 5.32 Å². The SMILES string of the molecule is COC(=O)c1c(NC(=O)c2cc(Cl)cc(Cl)c2)sc2c1CCC2. The van der Waals surface area contributed by atoms with Gasteiger partial charge >= 0.3 is 5.97 Å². The molecule has 1 aromatic carbocycles. The topological polar surface area (TPSA) is 55.4 Å². The van der Waals surface area contributed by atoms with Crippen LogP contribution in [-0.2, 0) is 17.6 Å². The lowest BCUT2D eigenvalue weighted by molar-refractivity contribution is 0.0601. The number of halogens is 2. The van der Waals surface area contributed by atoms with E-state index in [4.69, 9.17) is 27.9 Å². The second-order valence-corrected chi connectivity index (χ2v) is 7.14. The number of carbonyl (C=O) groups excluding carboxylic acids is 2. The number of hydrogen-bond acceptors (Lipinski definition) is 4. The maximum Gasteiger partial charge on any atom is 0.341 e. The van der Waals surface area contributed by atoms with Crippen LogP contribution in [0.4, 0.5) is 5.00 Å². The van der Waals surface area contributed by atoms with Crippen LogP contribution in [0.5, 0.6) is 0 Å². The molecule has 0 fully saturated rings. The zero-order chi connectivity index (χ0) is 16.6. The largest absolute Gasteiger partial charge is 0.465 e. The van der Waals surface area contributed by atoms with Gasteiger partial charge in [0.05, 0.1) is 12.7 Å². The van der Waals surface area contributed by atoms with Crippen molar-refractivity contribution in [1.82, 2.24) is 0 Å². The van der Waals surface area contributed by atoms with Crippen LogP contribution in [0.1, 0.15) is 37.6 Å². The summed E-state index contributed by atoms with van der Waals surface area (Å²) >= 11 is 13.3. The first-order valence-corrected chi connectivity index (χ1v) is 8.57. The zero-order valence-electron chi connectivity index (χ0n) is 12.2. The first kappa shape index (κ1) is 16.3.